The lowest BCUT2D eigenvalue weighted by atomic mass is 10.0. The first-order valence-electron chi connectivity index (χ1n) is 7.61. The van der Waals surface area contributed by atoms with Crippen LogP contribution in [0.25, 0.3) is 0 Å². The lowest BCUT2D eigenvalue weighted by molar-refractivity contribution is -0.121. The molecular weight excluding hydrogens is 252 g/mol. The van der Waals surface area contributed by atoms with Gasteiger partial charge in [0.25, 0.3) is 0 Å². The topological polar surface area (TPSA) is 55.1 Å². The third-order valence-corrected chi connectivity index (χ3v) is 3.61. The van der Waals surface area contributed by atoms with Gasteiger partial charge in [0, 0.05) is 18.0 Å². The average Bonchev–Trinajstić information content (AvgIpc) is 2.66. The van der Waals surface area contributed by atoms with Gasteiger partial charge < -0.3 is 9.84 Å². The maximum atomic E-state index is 11.9. The van der Waals surface area contributed by atoms with Gasteiger partial charge in [0.05, 0.1) is 5.69 Å². The van der Waals surface area contributed by atoms with Crippen molar-refractivity contribution in [1.29, 1.82) is 0 Å². The van der Waals surface area contributed by atoms with Gasteiger partial charge in [0.15, 0.2) is 0 Å². The molecule has 1 heterocycles. The second kappa shape index (κ2) is 8.08. The van der Waals surface area contributed by atoms with E-state index in [2.05, 4.69) is 31.2 Å². The van der Waals surface area contributed by atoms with Gasteiger partial charge in [0.1, 0.15) is 5.76 Å². The van der Waals surface area contributed by atoms with Crippen LogP contribution in [0.2, 0.25) is 0 Å². The highest BCUT2D eigenvalue weighted by Gasteiger charge is 2.12. The van der Waals surface area contributed by atoms with Gasteiger partial charge >= 0.3 is 0 Å². The van der Waals surface area contributed by atoms with E-state index < -0.39 is 0 Å². The molecule has 0 spiro atoms. The van der Waals surface area contributed by atoms with Crippen LogP contribution in [0, 0.1) is 19.8 Å². The zero-order valence-electron chi connectivity index (χ0n) is 13.5. The van der Waals surface area contributed by atoms with Crippen LogP contribution < -0.4 is 5.32 Å². The molecule has 0 saturated carbocycles. The average molecular weight is 280 g/mol. The molecule has 0 bridgehead atoms. The Morgan fingerprint density at radius 3 is 2.50 bits per heavy atom. The first kappa shape index (κ1) is 16.7. The molecule has 4 nitrogen and oxygen atoms in total. The molecule has 0 aliphatic carbocycles. The Hall–Kier alpha value is -1.32. The van der Waals surface area contributed by atoms with E-state index in [0.29, 0.717) is 12.8 Å². The van der Waals surface area contributed by atoms with Crippen LogP contribution in [-0.2, 0) is 11.2 Å². The third-order valence-electron chi connectivity index (χ3n) is 3.61. The number of aromatic nitrogens is 1. The number of aryl methyl sites for hydroxylation is 2. The molecule has 114 valence electrons. The minimum Gasteiger partial charge on any atom is -0.361 e. The molecule has 4 heteroatoms. The van der Waals surface area contributed by atoms with E-state index in [4.69, 9.17) is 4.52 Å². The molecule has 0 radical (unpaired) electrons. The summed E-state index contributed by atoms with van der Waals surface area (Å²) in [5.41, 5.74) is 1.95. The maximum absolute atomic E-state index is 11.9. The number of hydrogen-bond donors (Lipinski definition) is 1. The van der Waals surface area contributed by atoms with Crippen molar-refractivity contribution in [2.75, 3.05) is 0 Å². The van der Waals surface area contributed by atoms with Gasteiger partial charge in [-0.2, -0.15) is 0 Å². The van der Waals surface area contributed by atoms with Crippen molar-refractivity contribution in [3.05, 3.63) is 17.0 Å². The number of hydrogen-bond acceptors (Lipinski definition) is 3. The van der Waals surface area contributed by atoms with E-state index in [0.717, 1.165) is 29.4 Å². The van der Waals surface area contributed by atoms with Crippen molar-refractivity contribution in [3.63, 3.8) is 0 Å². The van der Waals surface area contributed by atoms with Crippen LogP contribution in [0.5, 0.6) is 0 Å². The summed E-state index contributed by atoms with van der Waals surface area (Å²) in [6.07, 6.45) is 4.64. The Balaban J connectivity index is 2.26. The summed E-state index contributed by atoms with van der Waals surface area (Å²) in [5.74, 6) is 1.67. The van der Waals surface area contributed by atoms with Crippen molar-refractivity contribution < 1.29 is 9.32 Å². The summed E-state index contributed by atoms with van der Waals surface area (Å²) in [5, 5.41) is 6.97. The quantitative estimate of drug-likeness (QED) is 0.792. The zero-order chi connectivity index (χ0) is 15.1. The van der Waals surface area contributed by atoms with E-state index >= 15 is 0 Å². The van der Waals surface area contributed by atoms with Crippen molar-refractivity contribution in [2.45, 2.75) is 72.8 Å². The van der Waals surface area contributed by atoms with Crippen molar-refractivity contribution in [1.82, 2.24) is 10.5 Å². The first-order valence-corrected chi connectivity index (χ1v) is 7.61. The highest BCUT2D eigenvalue weighted by molar-refractivity contribution is 5.76. The van der Waals surface area contributed by atoms with E-state index in [1.807, 2.05) is 13.8 Å². The maximum Gasteiger partial charge on any atom is 0.220 e. The van der Waals surface area contributed by atoms with Crippen molar-refractivity contribution in [3.8, 4) is 0 Å². The van der Waals surface area contributed by atoms with Crippen LogP contribution in [0.1, 0.15) is 63.5 Å². The molecule has 0 aromatic carbocycles. The molecule has 1 N–H and O–H groups in total. The molecule has 1 amide bonds. The Morgan fingerprint density at radius 2 is 1.95 bits per heavy atom. The minimum absolute atomic E-state index is 0.113. The summed E-state index contributed by atoms with van der Waals surface area (Å²) < 4.78 is 5.10. The third kappa shape index (κ3) is 5.76. The first-order chi connectivity index (χ1) is 9.40. The SMILES string of the molecule is Cc1noc(C)c1CCC(=O)N[C@@H](C)CCCC(C)C. The fourth-order valence-corrected chi connectivity index (χ4v) is 2.35. The summed E-state index contributed by atoms with van der Waals surface area (Å²) in [4.78, 5) is 11.9. The smallest absolute Gasteiger partial charge is 0.220 e. The lowest BCUT2D eigenvalue weighted by Gasteiger charge is -2.14. The molecule has 0 saturated heterocycles. The van der Waals surface area contributed by atoms with E-state index in [9.17, 15) is 4.79 Å². The largest absolute Gasteiger partial charge is 0.361 e. The van der Waals surface area contributed by atoms with Crippen LogP contribution in [-0.4, -0.2) is 17.1 Å². The Kier molecular flexibility index (Phi) is 6.76. The van der Waals surface area contributed by atoms with Gasteiger partial charge in [0.2, 0.25) is 5.91 Å². The summed E-state index contributed by atoms with van der Waals surface area (Å²) in [6, 6.07) is 0.255. The second-order valence-electron chi connectivity index (χ2n) is 6.10. The van der Waals surface area contributed by atoms with Gasteiger partial charge in [-0.3, -0.25) is 4.79 Å². The van der Waals surface area contributed by atoms with Gasteiger partial charge in [-0.25, -0.2) is 0 Å². The molecule has 1 rings (SSSR count). The number of carbonyl (C=O) groups excluding carboxylic acids is 1. The number of nitrogens with one attached hydrogen (secondary N) is 1. The molecule has 1 atom stereocenters. The molecular formula is C16H28N2O2. The zero-order valence-corrected chi connectivity index (χ0v) is 13.5. The Bertz CT molecular complexity index is 405. The summed E-state index contributed by atoms with van der Waals surface area (Å²) in [6.45, 7) is 10.3. The summed E-state index contributed by atoms with van der Waals surface area (Å²) >= 11 is 0. The molecule has 20 heavy (non-hydrogen) atoms. The highest BCUT2D eigenvalue weighted by atomic mass is 16.5. The van der Waals surface area contributed by atoms with Crippen LogP contribution in [0.4, 0.5) is 0 Å². The predicted molar refractivity (Wildman–Crippen MR) is 80.6 cm³/mol. The fraction of sp³-hybridized carbons (Fsp3) is 0.750. The second-order valence-corrected chi connectivity index (χ2v) is 6.10. The fourth-order valence-electron chi connectivity index (χ4n) is 2.35. The van der Waals surface area contributed by atoms with E-state index in [1.165, 1.54) is 12.8 Å². The normalized spacial score (nSPS) is 12.7. The standard InChI is InChI=1S/C16H28N2O2/c1-11(2)7-6-8-12(3)17-16(19)10-9-15-13(4)18-20-14(15)5/h11-12H,6-10H2,1-5H3,(H,17,19)/t12-/m0/s1. The van der Waals surface area contributed by atoms with Gasteiger partial charge in [-0.05, 0) is 39.5 Å². The molecule has 0 fully saturated rings. The number of rotatable bonds is 8. The van der Waals surface area contributed by atoms with E-state index in [1.54, 1.807) is 0 Å². The molecule has 1 aromatic rings. The van der Waals surface area contributed by atoms with Crippen LogP contribution in [0.15, 0.2) is 4.52 Å². The van der Waals surface area contributed by atoms with Crippen LogP contribution >= 0.6 is 0 Å². The lowest BCUT2D eigenvalue weighted by Crippen LogP contribution is -2.32. The van der Waals surface area contributed by atoms with Gasteiger partial charge in [-0.1, -0.05) is 31.8 Å². The molecule has 0 aliphatic rings. The Morgan fingerprint density at radius 1 is 1.25 bits per heavy atom. The number of amides is 1. The number of carbonyl (C=O) groups is 1. The van der Waals surface area contributed by atoms with Crippen molar-refractivity contribution in [2.24, 2.45) is 5.92 Å². The predicted octanol–water partition coefficient (Wildman–Crippen LogP) is 3.56. The van der Waals surface area contributed by atoms with Crippen LogP contribution in [0.3, 0.4) is 0 Å². The van der Waals surface area contributed by atoms with Crippen molar-refractivity contribution >= 4 is 5.91 Å². The molecule has 0 aliphatic heterocycles. The molecule has 1 aromatic heterocycles. The number of nitrogens with zero attached hydrogens (tertiary/aromatic N) is 1. The minimum atomic E-state index is 0.113. The molecule has 0 unspecified atom stereocenters. The van der Waals surface area contributed by atoms with E-state index in [-0.39, 0.29) is 11.9 Å². The Labute approximate surface area is 122 Å². The van der Waals surface area contributed by atoms with Gasteiger partial charge in [-0.15, -0.1) is 0 Å². The summed E-state index contributed by atoms with van der Waals surface area (Å²) in [7, 11) is 0. The monoisotopic (exact) mass is 280 g/mol. The highest BCUT2D eigenvalue weighted by Crippen LogP contribution is 2.14.